The Morgan fingerprint density at radius 2 is 1.76 bits per heavy atom. The first-order chi connectivity index (χ1) is 18.5. The van der Waals surface area contributed by atoms with E-state index in [4.69, 9.17) is 14.2 Å². The molecule has 0 radical (unpaired) electrons. The molecular formula is C30H32N2O6. The van der Waals surface area contributed by atoms with Crippen molar-refractivity contribution in [3.05, 3.63) is 83.9 Å². The second kappa shape index (κ2) is 11.8. The molecule has 0 aliphatic carbocycles. The van der Waals surface area contributed by atoms with Crippen molar-refractivity contribution >= 4 is 17.5 Å². The molecule has 8 heteroatoms. The van der Waals surface area contributed by atoms with Crippen LogP contribution in [-0.2, 0) is 25.6 Å². The predicted molar refractivity (Wildman–Crippen MR) is 143 cm³/mol. The Morgan fingerprint density at radius 1 is 1.00 bits per heavy atom. The Kier molecular flexibility index (Phi) is 8.03. The number of carbonyl (C=O) groups excluding carboxylic acids is 2. The van der Waals surface area contributed by atoms with Gasteiger partial charge in [-0.3, -0.25) is 9.59 Å². The Hall–Kier alpha value is -3.72. The van der Waals surface area contributed by atoms with Crippen molar-refractivity contribution in [1.29, 1.82) is 0 Å². The van der Waals surface area contributed by atoms with Crippen molar-refractivity contribution in [2.45, 2.75) is 43.6 Å². The number of aliphatic hydroxyl groups excluding tert-OH is 1. The quantitative estimate of drug-likeness (QED) is 0.401. The second-order valence-corrected chi connectivity index (χ2v) is 9.68. The van der Waals surface area contributed by atoms with Crippen molar-refractivity contribution < 1.29 is 28.9 Å². The highest BCUT2D eigenvalue weighted by Crippen LogP contribution is 2.47. The first kappa shape index (κ1) is 25.9. The van der Waals surface area contributed by atoms with Gasteiger partial charge in [-0.1, -0.05) is 54.6 Å². The smallest absolute Gasteiger partial charge is 0.250 e. The lowest BCUT2D eigenvalue weighted by Gasteiger charge is -2.37. The molecule has 3 aromatic carbocycles. The molecular weight excluding hydrogens is 484 g/mol. The highest BCUT2D eigenvalue weighted by Gasteiger charge is 2.46. The molecule has 1 saturated heterocycles. The highest BCUT2D eigenvalue weighted by atomic mass is 16.6. The molecule has 0 saturated carbocycles. The number of nitrogens with one attached hydrogen (secondary N) is 2. The van der Waals surface area contributed by atoms with E-state index >= 15 is 0 Å². The van der Waals surface area contributed by atoms with Gasteiger partial charge in [-0.25, -0.2) is 0 Å². The molecule has 38 heavy (non-hydrogen) atoms. The molecule has 2 aliphatic rings. The van der Waals surface area contributed by atoms with Crippen LogP contribution in [0.1, 0.15) is 29.9 Å². The van der Waals surface area contributed by atoms with Crippen LogP contribution in [0.15, 0.2) is 72.8 Å². The summed E-state index contributed by atoms with van der Waals surface area (Å²) in [5, 5.41) is 15.8. The number of benzene rings is 3. The highest BCUT2D eigenvalue weighted by molar-refractivity contribution is 5.92. The van der Waals surface area contributed by atoms with Gasteiger partial charge in [0.05, 0.1) is 19.1 Å². The SMILES string of the molecule is COCC(=O)Nc1ccc2c(c1)[C@@H]1C[C@@H](CC(=O)NCc3ccc(-c4ccccc4)cc3)O[C@@H](CO)[C@@H]1O2. The van der Waals surface area contributed by atoms with Crippen LogP contribution < -0.4 is 15.4 Å². The molecule has 0 spiro atoms. The maximum absolute atomic E-state index is 12.8. The van der Waals surface area contributed by atoms with Crippen molar-refractivity contribution in [2.24, 2.45) is 0 Å². The third-order valence-corrected chi connectivity index (χ3v) is 7.02. The standard InChI is InChI=1S/C30H32N2O6/c1-36-18-29(35)32-22-11-12-26-24(13-22)25-14-23(37-27(17-33)30(25)38-26)15-28(34)31-16-19-7-9-21(10-8-19)20-5-3-2-4-6-20/h2-13,23,25,27,30,33H,14-18H2,1H3,(H,31,34)(H,32,35)/t23-,25-,27-,30+/m0/s1. The minimum absolute atomic E-state index is 0.0333. The summed E-state index contributed by atoms with van der Waals surface area (Å²) in [5.41, 5.74) is 4.88. The minimum Gasteiger partial charge on any atom is -0.487 e. The number of anilines is 1. The third-order valence-electron chi connectivity index (χ3n) is 7.02. The first-order valence-electron chi connectivity index (χ1n) is 12.8. The summed E-state index contributed by atoms with van der Waals surface area (Å²) < 4.78 is 17.1. The summed E-state index contributed by atoms with van der Waals surface area (Å²) in [6.07, 6.45) is -0.502. The van der Waals surface area contributed by atoms with Crippen molar-refractivity contribution in [2.75, 3.05) is 25.6 Å². The largest absolute Gasteiger partial charge is 0.487 e. The number of ether oxygens (including phenoxy) is 3. The van der Waals surface area contributed by atoms with Gasteiger partial charge < -0.3 is 30.0 Å². The number of amides is 2. The maximum atomic E-state index is 12.8. The van der Waals surface area contributed by atoms with Crippen LogP contribution in [-0.4, -0.2) is 55.6 Å². The predicted octanol–water partition coefficient (Wildman–Crippen LogP) is 3.64. The van der Waals surface area contributed by atoms with Gasteiger partial charge in [0.1, 0.15) is 24.6 Å². The van der Waals surface area contributed by atoms with E-state index in [-0.39, 0.29) is 49.6 Å². The maximum Gasteiger partial charge on any atom is 0.250 e. The number of fused-ring (bicyclic) bond motifs is 3. The lowest BCUT2D eigenvalue weighted by molar-refractivity contribution is -0.142. The lowest BCUT2D eigenvalue weighted by atomic mass is 9.84. The molecule has 2 heterocycles. The average molecular weight is 517 g/mol. The summed E-state index contributed by atoms with van der Waals surface area (Å²) in [4.78, 5) is 24.7. The van der Waals surface area contributed by atoms with Crippen LogP contribution in [0.25, 0.3) is 11.1 Å². The second-order valence-electron chi connectivity index (χ2n) is 9.68. The summed E-state index contributed by atoms with van der Waals surface area (Å²) in [6.45, 7) is 0.180. The van der Waals surface area contributed by atoms with E-state index in [0.717, 1.165) is 22.3 Å². The molecule has 0 bridgehead atoms. The van der Waals surface area contributed by atoms with Crippen molar-refractivity contribution in [3.63, 3.8) is 0 Å². The van der Waals surface area contributed by atoms with E-state index in [1.807, 2.05) is 42.5 Å². The summed E-state index contributed by atoms with van der Waals surface area (Å²) in [5.74, 6) is 0.290. The van der Waals surface area contributed by atoms with Gasteiger partial charge in [0.25, 0.3) is 0 Å². The van der Waals surface area contributed by atoms with E-state index in [1.54, 1.807) is 6.07 Å². The lowest BCUT2D eigenvalue weighted by Crippen LogP contribution is -2.47. The number of hydrogen-bond donors (Lipinski definition) is 3. The summed E-state index contributed by atoms with van der Waals surface area (Å²) in [7, 11) is 1.47. The van der Waals surface area contributed by atoms with Crippen LogP contribution >= 0.6 is 0 Å². The van der Waals surface area contributed by atoms with E-state index in [0.29, 0.717) is 24.4 Å². The molecule has 3 aromatic rings. The molecule has 0 unspecified atom stereocenters. The Bertz CT molecular complexity index is 1260. The zero-order valence-electron chi connectivity index (χ0n) is 21.3. The number of aliphatic hydroxyl groups is 1. The molecule has 0 aromatic heterocycles. The van der Waals surface area contributed by atoms with Crippen LogP contribution in [0, 0.1) is 0 Å². The number of carbonyl (C=O) groups is 2. The van der Waals surface area contributed by atoms with Gasteiger partial charge in [-0.05, 0) is 41.3 Å². The van der Waals surface area contributed by atoms with Gasteiger partial charge in [0.2, 0.25) is 11.8 Å². The van der Waals surface area contributed by atoms with Crippen molar-refractivity contribution in [1.82, 2.24) is 5.32 Å². The molecule has 5 rings (SSSR count). The fourth-order valence-electron chi connectivity index (χ4n) is 5.22. The number of methoxy groups -OCH3 is 1. The monoisotopic (exact) mass is 516 g/mol. The Balaban J connectivity index is 1.19. The topological polar surface area (TPSA) is 106 Å². The van der Waals surface area contributed by atoms with Gasteiger partial charge >= 0.3 is 0 Å². The van der Waals surface area contributed by atoms with Crippen LogP contribution in [0.5, 0.6) is 5.75 Å². The summed E-state index contributed by atoms with van der Waals surface area (Å²) in [6, 6.07) is 23.8. The van der Waals surface area contributed by atoms with Gasteiger partial charge in [-0.15, -0.1) is 0 Å². The first-order valence-corrected chi connectivity index (χ1v) is 12.8. The molecule has 2 amide bonds. The zero-order chi connectivity index (χ0) is 26.5. The van der Waals surface area contributed by atoms with Gasteiger partial charge in [0, 0.05) is 30.8 Å². The minimum atomic E-state index is -0.545. The summed E-state index contributed by atoms with van der Waals surface area (Å²) >= 11 is 0. The Morgan fingerprint density at radius 3 is 2.50 bits per heavy atom. The fourth-order valence-corrected chi connectivity index (χ4v) is 5.22. The third kappa shape index (κ3) is 5.88. The molecule has 8 nitrogen and oxygen atoms in total. The van der Waals surface area contributed by atoms with Crippen LogP contribution in [0.4, 0.5) is 5.69 Å². The van der Waals surface area contributed by atoms with Gasteiger partial charge in [0.15, 0.2) is 0 Å². The molecule has 4 atom stereocenters. The van der Waals surface area contributed by atoms with Crippen LogP contribution in [0.3, 0.4) is 0 Å². The fraction of sp³-hybridized carbons (Fsp3) is 0.333. The molecule has 2 aliphatic heterocycles. The zero-order valence-corrected chi connectivity index (χ0v) is 21.3. The van der Waals surface area contributed by atoms with E-state index in [2.05, 4.69) is 34.9 Å². The van der Waals surface area contributed by atoms with Crippen molar-refractivity contribution in [3.8, 4) is 16.9 Å². The van der Waals surface area contributed by atoms with E-state index in [1.165, 1.54) is 7.11 Å². The number of rotatable bonds is 9. The van der Waals surface area contributed by atoms with Crippen LogP contribution in [0.2, 0.25) is 0 Å². The van der Waals surface area contributed by atoms with Gasteiger partial charge in [-0.2, -0.15) is 0 Å². The van der Waals surface area contributed by atoms with E-state index < -0.39 is 6.10 Å². The number of hydrogen-bond acceptors (Lipinski definition) is 6. The average Bonchev–Trinajstić information content (AvgIpc) is 3.30. The molecule has 1 fully saturated rings. The Labute approximate surface area is 221 Å². The normalized spacial score (nSPS) is 21.6. The molecule has 198 valence electrons. The molecule has 3 N–H and O–H groups in total. The van der Waals surface area contributed by atoms with E-state index in [9.17, 15) is 14.7 Å².